The lowest BCUT2D eigenvalue weighted by Gasteiger charge is -2.31. The number of aromatic amines is 1. The summed E-state index contributed by atoms with van der Waals surface area (Å²) < 4.78 is 29.8. The number of imidazole rings is 1. The fraction of sp³-hybridized carbons (Fsp3) is 0.368. The molecule has 0 saturated carbocycles. The number of hydrogen-bond donors (Lipinski definition) is 1. The highest BCUT2D eigenvalue weighted by Gasteiger charge is 2.32. The molecule has 142 valence electrons. The second kappa shape index (κ2) is 6.94. The van der Waals surface area contributed by atoms with Crippen LogP contribution in [0.5, 0.6) is 0 Å². The molecule has 1 atom stereocenters. The zero-order valence-electron chi connectivity index (χ0n) is 15.5. The fourth-order valence-corrected chi connectivity index (χ4v) is 5.37. The molecule has 27 heavy (non-hydrogen) atoms. The minimum absolute atomic E-state index is 0.110. The average molecular weight is 385 g/mol. The third-order valence-electron chi connectivity index (χ3n) is 5.22. The quantitative estimate of drug-likeness (QED) is 0.748. The van der Waals surface area contributed by atoms with Gasteiger partial charge in [0.2, 0.25) is 10.0 Å². The first-order valence-electron chi connectivity index (χ1n) is 9.05. The standard InChI is InChI=1S/C19H23N5O2S/c1-14-12-16(5-6-17(14)18-7-8-22-23(18)2)27(25,26)24-11-3-4-15(13-24)19-20-9-10-21-19/h5-10,12,15H,3-4,11,13H2,1-2H3,(H,20,21). The zero-order valence-corrected chi connectivity index (χ0v) is 16.3. The summed E-state index contributed by atoms with van der Waals surface area (Å²) >= 11 is 0. The SMILES string of the molecule is Cc1cc(S(=O)(=O)N2CCCC(c3ncc[nH]3)C2)ccc1-c1ccnn1C. The number of hydrogen-bond acceptors (Lipinski definition) is 4. The van der Waals surface area contributed by atoms with Gasteiger partial charge in [-0.3, -0.25) is 4.68 Å². The molecular weight excluding hydrogens is 362 g/mol. The molecular formula is C19H23N5O2S. The maximum Gasteiger partial charge on any atom is 0.243 e. The van der Waals surface area contributed by atoms with E-state index in [-0.39, 0.29) is 5.92 Å². The van der Waals surface area contributed by atoms with Crippen LogP contribution in [0.15, 0.2) is 47.8 Å². The van der Waals surface area contributed by atoms with Gasteiger partial charge in [-0.25, -0.2) is 13.4 Å². The number of aromatic nitrogens is 4. The molecule has 7 nitrogen and oxygen atoms in total. The van der Waals surface area contributed by atoms with E-state index in [0.717, 1.165) is 35.5 Å². The van der Waals surface area contributed by atoms with E-state index in [1.165, 1.54) is 0 Å². The predicted molar refractivity (Wildman–Crippen MR) is 103 cm³/mol. The minimum atomic E-state index is -3.53. The van der Waals surface area contributed by atoms with Crippen molar-refractivity contribution in [1.82, 2.24) is 24.1 Å². The first kappa shape index (κ1) is 17.9. The molecule has 1 fully saturated rings. The summed E-state index contributed by atoms with van der Waals surface area (Å²) in [6.07, 6.45) is 7.00. The lowest BCUT2D eigenvalue weighted by Crippen LogP contribution is -2.39. The van der Waals surface area contributed by atoms with Crippen molar-refractivity contribution >= 4 is 10.0 Å². The molecule has 1 unspecified atom stereocenters. The Morgan fingerprint density at radius 2 is 2.07 bits per heavy atom. The molecule has 8 heteroatoms. The van der Waals surface area contributed by atoms with Gasteiger partial charge in [0.25, 0.3) is 0 Å². The van der Waals surface area contributed by atoms with Gasteiger partial charge in [-0.05, 0) is 43.5 Å². The summed E-state index contributed by atoms with van der Waals surface area (Å²) in [5, 5.41) is 4.19. The molecule has 1 aliphatic heterocycles. The van der Waals surface area contributed by atoms with Crippen molar-refractivity contribution in [1.29, 1.82) is 0 Å². The van der Waals surface area contributed by atoms with Crippen LogP contribution < -0.4 is 0 Å². The van der Waals surface area contributed by atoms with Crippen molar-refractivity contribution in [2.45, 2.75) is 30.6 Å². The Bertz CT molecular complexity index is 1040. The Kier molecular flexibility index (Phi) is 4.61. The maximum atomic E-state index is 13.2. The van der Waals surface area contributed by atoms with Crippen molar-refractivity contribution in [3.8, 4) is 11.3 Å². The summed E-state index contributed by atoms with van der Waals surface area (Å²) in [5.41, 5.74) is 2.87. The van der Waals surface area contributed by atoms with E-state index in [0.29, 0.717) is 18.0 Å². The number of H-pyrrole nitrogens is 1. The van der Waals surface area contributed by atoms with Crippen molar-refractivity contribution in [2.24, 2.45) is 7.05 Å². The van der Waals surface area contributed by atoms with Crippen molar-refractivity contribution in [3.63, 3.8) is 0 Å². The molecule has 2 aromatic heterocycles. The van der Waals surface area contributed by atoms with E-state index >= 15 is 0 Å². The number of nitrogens with one attached hydrogen (secondary N) is 1. The molecule has 1 aliphatic rings. The van der Waals surface area contributed by atoms with E-state index < -0.39 is 10.0 Å². The van der Waals surface area contributed by atoms with Gasteiger partial charge in [0, 0.05) is 50.2 Å². The van der Waals surface area contributed by atoms with Crippen molar-refractivity contribution in [2.75, 3.05) is 13.1 Å². The van der Waals surface area contributed by atoms with Gasteiger partial charge in [0.05, 0.1) is 10.6 Å². The van der Waals surface area contributed by atoms with Crippen LogP contribution in [-0.2, 0) is 17.1 Å². The normalized spacial score (nSPS) is 18.7. The highest BCUT2D eigenvalue weighted by molar-refractivity contribution is 7.89. The molecule has 0 aliphatic carbocycles. The smallest absolute Gasteiger partial charge is 0.243 e. The molecule has 4 rings (SSSR count). The van der Waals surface area contributed by atoms with E-state index in [1.54, 1.807) is 39.7 Å². The van der Waals surface area contributed by atoms with Crippen LogP contribution in [0.25, 0.3) is 11.3 Å². The zero-order chi connectivity index (χ0) is 19.0. The van der Waals surface area contributed by atoms with Gasteiger partial charge in [0.15, 0.2) is 0 Å². The van der Waals surface area contributed by atoms with Crippen LogP contribution in [0.4, 0.5) is 0 Å². The largest absolute Gasteiger partial charge is 0.348 e. The Morgan fingerprint density at radius 1 is 1.22 bits per heavy atom. The number of piperidine rings is 1. The van der Waals surface area contributed by atoms with Gasteiger partial charge >= 0.3 is 0 Å². The second-order valence-corrected chi connectivity index (χ2v) is 8.93. The molecule has 0 amide bonds. The monoisotopic (exact) mass is 385 g/mol. The minimum Gasteiger partial charge on any atom is -0.348 e. The van der Waals surface area contributed by atoms with Gasteiger partial charge < -0.3 is 4.98 Å². The summed E-state index contributed by atoms with van der Waals surface area (Å²) in [6.45, 7) is 2.93. The fourth-order valence-electron chi connectivity index (χ4n) is 3.76. The number of nitrogens with zero attached hydrogens (tertiary/aromatic N) is 4. The average Bonchev–Trinajstić information content (AvgIpc) is 3.34. The van der Waals surface area contributed by atoms with Crippen LogP contribution in [0.1, 0.15) is 30.1 Å². The lowest BCUT2D eigenvalue weighted by atomic mass is 9.99. The Hall–Kier alpha value is -2.45. The summed E-state index contributed by atoms with van der Waals surface area (Å²) in [6, 6.07) is 7.25. The van der Waals surface area contributed by atoms with Gasteiger partial charge in [0.1, 0.15) is 5.82 Å². The van der Waals surface area contributed by atoms with Crippen LogP contribution in [0.3, 0.4) is 0 Å². The molecule has 3 heterocycles. The highest BCUT2D eigenvalue weighted by Crippen LogP contribution is 2.31. The third kappa shape index (κ3) is 3.30. The first-order chi connectivity index (χ1) is 13.0. The van der Waals surface area contributed by atoms with Crippen LogP contribution in [-0.4, -0.2) is 45.6 Å². The predicted octanol–water partition coefficient (Wildman–Crippen LogP) is 2.69. The number of sulfonamides is 1. The van der Waals surface area contributed by atoms with Gasteiger partial charge in [-0.1, -0.05) is 6.07 Å². The van der Waals surface area contributed by atoms with E-state index in [2.05, 4.69) is 15.1 Å². The van der Waals surface area contributed by atoms with Crippen molar-refractivity contribution < 1.29 is 8.42 Å². The van der Waals surface area contributed by atoms with E-state index in [4.69, 9.17) is 0 Å². The van der Waals surface area contributed by atoms with Gasteiger partial charge in [-0.2, -0.15) is 9.40 Å². The molecule has 3 aromatic rings. The first-order valence-corrected chi connectivity index (χ1v) is 10.5. The van der Waals surface area contributed by atoms with Crippen LogP contribution in [0.2, 0.25) is 0 Å². The summed E-state index contributed by atoms with van der Waals surface area (Å²) in [5.74, 6) is 0.968. The summed E-state index contributed by atoms with van der Waals surface area (Å²) in [7, 11) is -1.66. The number of benzene rings is 1. The topological polar surface area (TPSA) is 83.9 Å². The molecule has 0 spiro atoms. The number of aryl methyl sites for hydroxylation is 2. The molecule has 0 radical (unpaired) electrons. The Morgan fingerprint density at radius 3 is 2.74 bits per heavy atom. The van der Waals surface area contributed by atoms with Gasteiger partial charge in [-0.15, -0.1) is 0 Å². The number of rotatable bonds is 4. The molecule has 1 saturated heterocycles. The molecule has 0 bridgehead atoms. The second-order valence-electron chi connectivity index (χ2n) is 6.99. The third-order valence-corrected chi connectivity index (χ3v) is 7.08. The highest BCUT2D eigenvalue weighted by atomic mass is 32.2. The molecule has 1 aromatic carbocycles. The van der Waals surface area contributed by atoms with Crippen LogP contribution in [0, 0.1) is 6.92 Å². The van der Waals surface area contributed by atoms with Crippen LogP contribution >= 0.6 is 0 Å². The van der Waals surface area contributed by atoms with E-state index in [1.807, 2.05) is 26.1 Å². The summed E-state index contributed by atoms with van der Waals surface area (Å²) in [4.78, 5) is 7.76. The Balaban J connectivity index is 1.62. The lowest BCUT2D eigenvalue weighted by molar-refractivity contribution is 0.310. The maximum absolute atomic E-state index is 13.2. The Labute approximate surface area is 159 Å². The van der Waals surface area contributed by atoms with E-state index in [9.17, 15) is 8.42 Å². The molecule has 1 N–H and O–H groups in total. The van der Waals surface area contributed by atoms with Crippen molar-refractivity contribution in [3.05, 3.63) is 54.2 Å².